The third-order valence-electron chi connectivity index (χ3n) is 20.4. The summed E-state index contributed by atoms with van der Waals surface area (Å²) in [6, 6.07) is -18.2. The third kappa shape index (κ3) is 38.7. The summed E-state index contributed by atoms with van der Waals surface area (Å²) >= 11 is 4.13. The molecule has 1 aromatic carbocycles. The molecule has 53 heteroatoms. The highest BCUT2D eigenvalue weighted by molar-refractivity contribution is 7.80. The highest BCUT2D eigenvalue weighted by Crippen LogP contribution is 2.23. The number of rotatable bonds is 55. The number of carboxylic acids is 3. The summed E-state index contributed by atoms with van der Waals surface area (Å²) in [5.41, 5.74) is 16.5. The van der Waals surface area contributed by atoms with Crippen molar-refractivity contribution >= 4 is 155 Å². The molecule has 0 aromatic heterocycles. The van der Waals surface area contributed by atoms with Gasteiger partial charge in [0, 0.05) is 38.2 Å². The molecule has 0 spiro atoms. The van der Waals surface area contributed by atoms with E-state index in [1.807, 2.05) is 0 Å². The number of primary amides is 1. The molecule has 1 aromatic rings. The molecule has 19 atom stereocenters. The number of nitrogens with one attached hydrogen (secondary N) is 19. The second-order valence-electron chi connectivity index (χ2n) is 32.0. The Labute approximate surface area is 763 Å². The lowest BCUT2D eigenvalue weighted by molar-refractivity contribution is -0.144. The number of thiol groups is 1. The number of amides is 20. The Morgan fingerprint density at radius 1 is 0.417 bits per heavy atom. The van der Waals surface area contributed by atoms with Gasteiger partial charge in [0.05, 0.1) is 38.1 Å². The van der Waals surface area contributed by atoms with Gasteiger partial charge >= 0.3 is 17.9 Å². The van der Waals surface area contributed by atoms with Gasteiger partial charge in [0.15, 0.2) is 5.96 Å². The summed E-state index contributed by atoms with van der Waals surface area (Å²) in [7, 11) is 0. The molecular formula is C79H124N24O28S. The first-order valence-corrected chi connectivity index (χ1v) is 42.9. The fourth-order valence-corrected chi connectivity index (χ4v) is 13.5. The second kappa shape index (κ2) is 55.5. The van der Waals surface area contributed by atoms with E-state index >= 15 is 0 Å². The number of nitrogens with zero attached hydrogens (tertiary/aromatic N) is 2. The van der Waals surface area contributed by atoms with E-state index < -0.39 is 302 Å². The van der Waals surface area contributed by atoms with E-state index in [9.17, 15) is 131 Å². The smallest absolute Gasteiger partial charge is 0.322 e. The van der Waals surface area contributed by atoms with Crippen LogP contribution in [0.5, 0.6) is 0 Å². The number of carboxylic acid groups (broad SMARTS) is 3. The van der Waals surface area contributed by atoms with E-state index in [4.69, 9.17) is 27.7 Å². The largest absolute Gasteiger partial charge is 0.481 e. The Hall–Kier alpha value is -13.5. The van der Waals surface area contributed by atoms with E-state index in [0.29, 0.717) is 5.56 Å². The van der Waals surface area contributed by atoms with Crippen molar-refractivity contribution in [1.29, 1.82) is 5.41 Å². The van der Waals surface area contributed by atoms with Crippen LogP contribution in [0.2, 0.25) is 0 Å². The fourth-order valence-electron chi connectivity index (χ4n) is 13.3. The normalized spacial score (nSPS) is 17.2. The minimum Gasteiger partial charge on any atom is -0.481 e. The number of aliphatic hydroxyl groups excluding tert-OH is 2. The Morgan fingerprint density at radius 3 is 1.30 bits per heavy atom. The predicted octanol–water partition coefficient (Wildman–Crippen LogP) is -11.9. The van der Waals surface area contributed by atoms with Crippen LogP contribution in [0.4, 0.5) is 0 Å². The zero-order chi connectivity index (χ0) is 99.8. The van der Waals surface area contributed by atoms with Crippen molar-refractivity contribution in [1.82, 2.24) is 106 Å². The number of likely N-dealkylation sites (tertiary alicyclic amines) is 2. The molecule has 734 valence electrons. The maximum absolute atomic E-state index is 14.5. The molecule has 0 unspecified atom stereocenters. The molecule has 0 aliphatic carbocycles. The van der Waals surface area contributed by atoms with Crippen LogP contribution < -0.4 is 113 Å². The monoisotopic (exact) mass is 1890 g/mol. The Morgan fingerprint density at radius 2 is 0.811 bits per heavy atom. The van der Waals surface area contributed by atoms with Gasteiger partial charge in [-0.1, -0.05) is 44.2 Å². The Balaban J connectivity index is 1.60. The number of hydrogen-bond acceptors (Lipinski definition) is 28. The summed E-state index contributed by atoms with van der Waals surface area (Å²) in [5, 5.41) is 99.8. The van der Waals surface area contributed by atoms with Gasteiger partial charge in [-0.25, -0.2) is 0 Å². The number of carbonyl (C=O) groups excluding carboxylic acids is 20. The molecule has 2 aliphatic heterocycles. The maximum atomic E-state index is 14.5. The number of benzene rings is 1. The molecule has 0 radical (unpaired) electrons. The molecule has 2 saturated heterocycles. The summed E-state index contributed by atoms with van der Waals surface area (Å²) in [4.78, 5) is 307. The maximum Gasteiger partial charge on any atom is 0.322 e. The lowest BCUT2D eigenvalue weighted by atomic mass is 10.0. The minimum absolute atomic E-state index is 0.0295. The van der Waals surface area contributed by atoms with Gasteiger partial charge in [-0.2, -0.15) is 12.6 Å². The first-order chi connectivity index (χ1) is 61.8. The summed E-state index contributed by atoms with van der Waals surface area (Å²) in [6.45, 7) is 10.4. The van der Waals surface area contributed by atoms with Gasteiger partial charge in [-0.15, -0.1) is 0 Å². The van der Waals surface area contributed by atoms with E-state index in [-0.39, 0.29) is 83.3 Å². The fraction of sp³-hybridized carbons (Fsp3) is 0.620. The molecule has 20 amide bonds. The van der Waals surface area contributed by atoms with Crippen LogP contribution >= 0.6 is 12.6 Å². The van der Waals surface area contributed by atoms with Gasteiger partial charge in [0.1, 0.15) is 109 Å². The number of hydrogen-bond donors (Lipinski definition) is 28. The zero-order valence-electron chi connectivity index (χ0n) is 74.6. The van der Waals surface area contributed by atoms with E-state index in [0.717, 1.165) is 30.6 Å². The lowest BCUT2D eigenvalue weighted by Gasteiger charge is -2.32. The molecule has 132 heavy (non-hydrogen) atoms. The first kappa shape index (κ1) is 113. The summed E-state index contributed by atoms with van der Waals surface area (Å²) in [6.07, 6.45) is -6.33. The standard InChI is InChI=1S/C79H124N24O28S/c1-35(2)27-50(78(131)103-26-16-21-53(103)73(126)94-45(19-14-24-84-79(82)83)68(121)93-46(22-23-54(81)106)67(120)86-33-59(113)114)98-75(128)60(42(9)104)101-76(129)61(43(10)105)100-72(125)51(34-132)99-66(119)40(7)90-63(116)37(4)88-56(108)32-85-62(115)36(3)89-64(117)39(6)91-69(122)49(30-58(111)112)97-74(127)52-20-15-25-102(52)77(130)41(8)92-70(123)48(29-57(109)110)96-71(124)47(28-44-17-12-11-13-18-44)95-65(118)38(5)87-55(107)31-80/h11-13,17-18,35-43,45-53,60-61,104-105,132H,14-16,19-34,80H2,1-10H3,(H2,81,106)(H,85,115)(H,86,120)(H,87,107)(H,88,108)(H,89,117)(H,90,116)(H,91,122)(H,92,123)(H,93,121)(H,94,126)(H,95,118)(H,96,124)(H,97,127)(H,98,128)(H,99,119)(H,100,125)(H,101,129)(H,109,110)(H,111,112)(H,113,114)(H4,82,83,84)/t36-,37-,38-,39-,40-,41-,42+,43+,45-,46-,47-,48-,49-,50-,51-,52-,53-,60-,61-/m0/s1. The van der Waals surface area contributed by atoms with Gasteiger partial charge < -0.3 is 148 Å². The van der Waals surface area contributed by atoms with Crippen LogP contribution in [0.1, 0.15) is 145 Å². The van der Waals surface area contributed by atoms with Gasteiger partial charge in [-0.05, 0) is 118 Å². The topological polar surface area (TPSA) is 819 Å². The highest BCUT2D eigenvalue weighted by atomic mass is 32.1. The Kier molecular flexibility index (Phi) is 47.4. The van der Waals surface area contributed by atoms with Crippen LogP contribution in [-0.2, 0) is 117 Å². The lowest BCUT2D eigenvalue weighted by Crippen LogP contribution is -2.63. The third-order valence-corrected chi connectivity index (χ3v) is 20.7. The summed E-state index contributed by atoms with van der Waals surface area (Å²) in [5.74, 6) is -25.9. The number of nitrogens with two attached hydrogens (primary N) is 3. The van der Waals surface area contributed by atoms with Crippen molar-refractivity contribution in [2.45, 2.75) is 261 Å². The van der Waals surface area contributed by atoms with E-state index in [2.05, 4.69) is 108 Å². The van der Waals surface area contributed by atoms with Crippen LogP contribution in [0.15, 0.2) is 30.3 Å². The molecule has 2 aliphatic rings. The van der Waals surface area contributed by atoms with Crippen molar-refractivity contribution in [3.63, 3.8) is 0 Å². The van der Waals surface area contributed by atoms with Crippen molar-refractivity contribution in [2.75, 3.05) is 45.0 Å². The van der Waals surface area contributed by atoms with Gasteiger partial charge in [-0.3, -0.25) is 116 Å². The van der Waals surface area contributed by atoms with Crippen molar-refractivity contribution < 1.29 is 136 Å². The molecule has 0 saturated carbocycles. The molecular weight excluding hydrogens is 1770 g/mol. The Bertz CT molecular complexity index is 4340. The molecule has 3 rings (SSSR count). The minimum atomic E-state index is -1.94. The zero-order valence-corrected chi connectivity index (χ0v) is 75.5. The van der Waals surface area contributed by atoms with Crippen molar-refractivity contribution in [3.05, 3.63) is 35.9 Å². The summed E-state index contributed by atoms with van der Waals surface area (Å²) < 4.78 is 0. The van der Waals surface area contributed by atoms with E-state index in [1.165, 1.54) is 34.6 Å². The highest BCUT2D eigenvalue weighted by Gasteiger charge is 2.44. The number of aliphatic hydroxyl groups is 2. The number of aliphatic carboxylic acids is 3. The van der Waals surface area contributed by atoms with Crippen LogP contribution in [0, 0.1) is 11.3 Å². The van der Waals surface area contributed by atoms with E-state index in [1.54, 1.807) is 44.2 Å². The predicted molar refractivity (Wildman–Crippen MR) is 464 cm³/mol. The molecule has 2 heterocycles. The average molecular weight is 1890 g/mol. The van der Waals surface area contributed by atoms with Crippen LogP contribution in [-0.4, -0.2) is 337 Å². The van der Waals surface area contributed by atoms with Crippen LogP contribution in [0.3, 0.4) is 0 Å². The van der Waals surface area contributed by atoms with Crippen molar-refractivity contribution in [3.8, 4) is 0 Å². The SMILES string of the molecule is CC(C)C[C@H](NC(=O)[C@@H](NC(=O)[C@@H](NC(=O)[C@H](CS)NC(=O)[C@H](C)NC(=O)[C@H](C)NC(=O)CNC(=O)[C@H](C)NC(=O)[C@H](C)NC(=O)[C@H](CC(=O)O)NC(=O)[C@@H]1CCCN1C(=O)[C@H](C)NC(=O)[C@H](CC(=O)O)NC(=O)[C@H](Cc1ccccc1)NC(=O)[C@H](C)NC(=O)CN)[C@@H](C)O)[C@@H](C)O)C(=O)N1CCC[C@H]1C(=O)N[C@@H](CCCNC(=N)N)C(=O)N[C@@H](CCC(N)=O)C(=O)NCC(=O)O. The quantitative estimate of drug-likeness (QED) is 0.0125. The van der Waals surface area contributed by atoms with Gasteiger partial charge in [0.2, 0.25) is 118 Å². The average Bonchev–Trinajstić information content (AvgIpc) is 0.953. The van der Waals surface area contributed by atoms with Crippen molar-refractivity contribution in [2.24, 2.45) is 23.1 Å². The molecule has 2 fully saturated rings. The molecule has 0 bridgehead atoms. The molecule has 30 N–H and O–H groups in total. The number of guanidine groups is 1. The van der Waals surface area contributed by atoms with Gasteiger partial charge in [0.25, 0.3) is 0 Å². The number of carbonyl (C=O) groups is 23. The first-order valence-electron chi connectivity index (χ1n) is 42.2. The second-order valence-corrected chi connectivity index (χ2v) is 32.3. The molecule has 52 nitrogen and oxygen atoms in total. The van der Waals surface area contributed by atoms with Crippen LogP contribution in [0.25, 0.3) is 0 Å².